The number of rotatable bonds is 8. The van der Waals surface area contributed by atoms with Crippen LogP contribution in [-0.2, 0) is 4.79 Å². The fourth-order valence-electron chi connectivity index (χ4n) is 5.48. The van der Waals surface area contributed by atoms with Crippen molar-refractivity contribution >= 4 is 17.7 Å². The lowest BCUT2D eigenvalue weighted by atomic mass is 9.85. The van der Waals surface area contributed by atoms with Crippen LogP contribution in [0.15, 0.2) is 66.7 Å². The van der Waals surface area contributed by atoms with E-state index in [0.29, 0.717) is 22.6 Å². The van der Waals surface area contributed by atoms with Gasteiger partial charge in [0, 0.05) is 11.7 Å². The lowest BCUT2D eigenvalue weighted by Gasteiger charge is -2.40. The van der Waals surface area contributed by atoms with Crippen molar-refractivity contribution in [3.8, 4) is 16.9 Å². The number of carbonyl (C=O) groups is 2. The van der Waals surface area contributed by atoms with Gasteiger partial charge in [-0.2, -0.15) is 13.2 Å². The highest BCUT2D eigenvalue weighted by atomic mass is 19.4. The number of fused-ring (bicyclic) bond motifs is 3. The summed E-state index contributed by atoms with van der Waals surface area (Å²) in [6.45, 7) is 2.47. The smallest absolute Gasteiger partial charge is 0.410 e. The first-order valence-corrected chi connectivity index (χ1v) is 13.1. The minimum absolute atomic E-state index is 0.0448. The van der Waals surface area contributed by atoms with Gasteiger partial charge in [0.25, 0.3) is 0 Å². The fraction of sp³-hybridized carbons (Fsp3) is 0.333. The predicted octanol–water partition coefficient (Wildman–Crippen LogP) is 6.64. The Labute approximate surface area is 225 Å². The number of carbonyl (C=O) groups excluding carboxylic acids is 2. The number of nitrogens with zero attached hydrogens (tertiary/aromatic N) is 1. The topological polar surface area (TPSA) is 70.7 Å². The zero-order valence-corrected chi connectivity index (χ0v) is 21.6. The standard InChI is InChI=1S/C30H30F3N3O3/c1-2-9-25(36-14-8-15-36)24-17-19(35-29(38)39-20-10-4-3-5-11-20)16-23-21-12-6-7-13-22(21)27(26(23)24)28(37)34-18-30(31,32)33/h3-7,10-13,16-17,25,27H,2,8-9,14-15,18H2,1H3,(H,34,37)(H,35,38). The number of alkyl halides is 3. The second-order valence-electron chi connectivity index (χ2n) is 9.90. The molecule has 1 aliphatic heterocycles. The Balaban J connectivity index is 1.58. The van der Waals surface area contributed by atoms with Gasteiger partial charge in [-0.05, 0) is 78.0 Å². The monoisotopic (exact) mass is 537 g/mol. The zero-order chi connectivity index (χ0) is 27.6. The van der Waals surface area contributed by atoms with E-state index in [2.05, 4.69) is 22.5 Å². The third kappa shape index (κ3) is 5.78. The van der Waals surface area contributed by atoms with Gasteiger partial charge in [0.1, 0.15) is 12.3 Å². The molecule has 2 aliphatic rings. The minimum atomic E-state index is -4.52. The Morgan fingerprint density at radius 1 is 1.03 bits per heavy atom. The molecule has 2 unspecified atom stereocenters. The Bertz CT molecular complexity index is 1360. The molecule has 5 rings (SSSR count). The molecule has 0 radical (unpaired) electrons. The SMILES string of the molecule is CCCC(c1cc(NC(=O)Oc2ccccc2)cc2c1C(C(=O)NCC(F)(F)F)c1ccccc1-2)N1CCC1. The molecule has 6 nitrogen and oxygen atoms in total. The molecule has 1 heterocycles. The summed E-state index contributed by atoms with van der Waals surface area (Å²) in [7, 11) is 0. The number of para-hydroxylation sites is 1. The second-order valence-corrected chi connectivity index (χ2v) is 9.90. The number of anilines is 1. The first-order valence-electron chi connectivity index (χ1n) is 13.1. The van der Waals surface area contributed by atoms with Gasteiger partial charge in [0.15, 0.2) is 0 Å². The van der Waals surface area contributed by atoms with Crippen molar-refractivity contribution in [3.63, 3.8) is 0 Å². The van der Waals surface area contributed by atoms with Crippen LogP contribution in [0.3, 0.4) is 0 Å². The average molecular weight is 538 g/mol. The molecular formula is C30H30F3N3O3. The van der Waals surface area contributed by atoms with Crippen molar-refractivity contribution in [2.24, 2.45) is 0 Å². The van der Waals surface area contributed by atoms with Crippen LogP contribution in [0.5, 0.6) is 5.75 Å². The maximum atomic E-state index is 13.4. The summed E-state index contributed by atoms with van der Waals surface area (Å²) in [5, 5.41) is 4.93. The number of halogens is 3. The van der Waals surface area contributed by atoms with Crippen LogP contribution >= 0.6 is 0 Å². The first-order chi connectivity index (χ1) is 18.7. The highest BCUT2D eigenvalue weighted by molar-refractivity contribution is 5.99. The van der Waals surface area contributed by atoms with Gasteiger partial charge >= 0.3 is 12.3 Å². The molecule has 0 spiro atoms. The van der Waals surface area contributed by atoms with E-state index >= 15 is 0 Å². The number of benzene rings is 3. The highest BCUT2D eigenvalue weighted by Gasteiger charge is 2.40. The summed E-state index contributed by atoms with van der Waals surface area (Å²) < 4.78 is 44.5. The van der Waals surface area contributed by atoms with Crippen LogP contribution in [-0.4, -0.2) is 42.7 Å². The van der Waals surface area contributed by atoms with E-state index in [1.54, 1.807) is 42.5 Å². The molecule has 0 saturated carbocycles. The Kier molecular flexibility index (Phi) is 7.61. The lowest BCUT2D eigenvalue weighted by Crippen LogP contribution is -2.41. The molecule has 3 aromatic rings. The van der Waals surface area contributed by atoms with E-state index in [4.69, 9.17) is 4.74 Å². The van der Waals surface area contributed by atoms with Crippen molar-refractivity contribution < 1.29 is 27.5 Å². The molecule has 2 atom stereocenters. The van der Waals surface area contributed by atoms with Crippen molar-refractivity contribution in [2.45, 2.75) is 44.3 Å². The van der Waals surface area contributed by atoms with Crippen LogP contribution in [0.25, 0.3) is 11.1 Å². The summed E-state index contributed by atoms with van der Waals surface area (Å²) in [6.07, 6.45) is -2.44. The lowest BCUT2D eigenvalue weighted by molar-refractivity contribution is -0.138. The fourth-order valence-corrected chi connectivity index (χ4v) is 5.48. The van der Waals surface area contributed by atoms with Crippen LogP contribution in [0.4, 0.5) is 23.7 Å². The summed E-state index contributed by atoms with van der Waals surface area (Å²) >= 11 is 0. The van der Waals surface area contributed by atoms with Gasteiger partial charge < -0.3 is 10.1 Å². The van der Waals surface area contributed by atoms with Crippen LogP contribution in [0.2, 0.25) is 0 Å². The van der Waals surface area contributed by atoms with Gasteiger partial charge in [-0.3, -0.25) is 15.0 Å². The number of nitrogens with one attached hydrogen (secondary N) is 2. The molecule has 2 N–H and O–H groups in total. The Morgan fingerprint density at radius 3 is 2.41 bits per heavy atom. The maximum absolute atomic E-state index is 13.4. The molecule has 2 amide bonds. The predicted molar refractivity (Wildman–Crippen MR) is 143 cm³/mol. The number of likely N-dealkylation sites (tertiary alicyclic amines) is 1. The van der Waals surface area contributed by atoms with Crippen LogP contribution in [0, 0.1) is 0 Å². The molecule has 0 aromatic heterocycles. The number of hydrogen-bond acceptors (Lipinski definition) is 4. The van der Waals surface area contributed by atoms with E-state index in [1.807, 2.05) is 24.3 Å². The van der Waals surface area contributed by atoms with E-state index in [0.717, 1.165) is 49.0 Å². The summed E-state index contributed by atoms with van der Waals surface area (Å²) in [5.41, 5.74) is 4.18. The molecular weight excluding hydrogens is 507 g/mol. The summed E-state index contributed by atoms with van der Waals surface area (Å²) in [6, 6.07) is 19.5. The van der Waals surface area contributed by atoms with Crippen LogP contribution in [0.1, 0.15) is 54.8 Å². The van der Waals surface area contributed by atoms with Crippen molar-refractivity contribution in [1.29, 1.82) is 0 Å². The summed E-state index contributed by atoms with van der Waals surface area (Å²) in [4.78, 5) is 28.4. The molecule has 204 valence electrons. The van der Waals surface area contributed by atoms with Gasteiger partial charge in [-0.1, -0.05) is 55.8 Å². The molecule has 39 heavy (non-hydrogen) atoms. The van der Waals surface area contributed by atoms with Gasteiger partial charge in [0.2, 0.25) is 5.91 Å². The normalized spacial score (nSPS) is 17.0. The molecule has 9 heteroatoms. The molecule has 1 saturated heterocycles. The molecule has 1 fully saturated rings. The maximum Gasteiger partial charge on any atom is 0.417 e. The highest BCUT2D eigenvalue weighted by Crippen LogP contribution is 2.50. The van der Waals surface area contributed by atoms with Crippen molar-refractivity contribution in [1.82, 2.24) is 10.2 Å². The average Bonchev–Trinajstić information content (AvgIpc) is 3.20. The molecule has 0 bridgehead atoms. The van der Waals surface area contributed by atoms with E-state index in [-0.39, 0.29) is 6.04 Å². The van der Waals surface area contributed by atoms with E-state index < -0.39 is 30.6 Å². The molecule has 1 aliphatic carbocycles. The first kappa shape index (κ1) is 26.7. The third-order valence-electron chi connectivity index (χ3n) is 7.24. The van der Waals surface area contributed by atoms with Gasteiger partial charge in [-0.25, -0.2) is 4.79 Å². The zero-order valence-electron chi connectivity index (χ0n) is 21.6. The van der Waals surface area contributed by atoms with Gasteiger partial charge in [0.05, 0.1) is 5.92 Å². The minimum Gasteiger partial charge on any atom is -0.410 e. The second kappa shape index (κ2) is 11.1. The number of hydrogen-bond donors (Lipinski definition) is 2. The Hall–Kier alpha value is -3.85. The number of ether oxygens (including phenoxy) is 1. The molecule has 3 aromatic carbocycles. The number of amides is 2. The Morgan fingerprint density at radius 2 is 1.74 bits per heavy atom. The summed E-state index contributed by atoms with van der Waals surface area (Å²) in [5.74, 6) is -1.19. The van der Waals surface area contributed by atoms with E-state index in [1.165, 1.54) is 0 Å². The van der Waals surface area contributed by atoms with Crippen molar-refractivity contribution in [2.75, 3.05) is 25.0 Å². The van der Waals surface area contributed by atoms with E-state index in [9.17, 15) is 22.8 Å². The largest absolute Gasteiger partial charge is 0.417 e. The third-order valence-corrected chi connectivity index (χ3v) is 7.24. The quantitative estimate of drug-likeness (QED) is 0.338. The van der Waals surface area contributed by atoms with Gasteiger partial charge in [-0.15, -0.1) is 0 Å². The van der Waals surface area contributed by atoms with Crippen molar-refractivity contribution in [3.05, 3.63) is 83.4 Å². The van der Waals surface area contributed by atoms with Crippen LogP contribution < -0.4 is 15.4 Å².